The molecular formula is C43H98. The van der Waals surface area contributed by atoms with Gasteiger partial charge < -0.3 is 0 Å². The Bertz CT molecular complexity index is 456. The van der Waals surface area contributed by atoms with Crippen molar-refractivity contribution in [3.8, 4) is 0 Å². The summed E-state index contributed by atoms with van der Waals surface area (Å²) in [6.45, 7) is 37.0. The van der Waals surface area contributed by atoms with Gasteiger partial charge in [0.05, 0.1) is 0 Å². The molecule has 4 rings (SSSR count). The van der Waals surface area contributed by atoms with Crippen molar-refractivity contribution in [2.45, 2.75) is 248 Å². The van der Waals surface area contributed by atoms with Crippen molar-refractivity contribution in [1.82, 2.24) is 0 Å². The SMILES string of the molecule is C.C.CC.CC.CC.CC.CCC1CC(C)(C)C1.CCC1CCC(C)(C)CC1.CCC1CCCC1.CCCC1(CC)CC1. The summed E-state index contributed by atoms with van der Waals surface area (Å²) >= 11 is 0. The molecule has 0 aliphatic heterocycles. The summed E-state index contributed by atoms with van der Waals surface area (Å²) in [6.07, 6.45) is 26.3. The van der Waals surface area contributed by atoms with Gasteiger partial charge in [-0.1, -0.05) is 190 Å². The number of hydrogen-bond acceptors (Lipinski definition) is 0. The molecule has 0 unspecified atom stereocenters. The molecule has 0 spiro atoms. The van der Waals surface area contributed by atoms with Crippen LogP contribution in [-0.4, -0.2) is 0 Å². The topological polar surface area (TPSA) is 0 Å². The maximum absolute atomic E-state index is 2.40. The monoisotopic (exact) mass is 615 g/mol. The first-order valence-corrected chi connectivity index (χ1v) is 19.5. The van der Waals surface area contributed by atoms with Crippen molar-refractivity contribution in [3.05, 3.63) is 0 Å². The highest BCUT2D eigenvalue weighted by molar-refractivity contribution is 4.90. The molecule has 0 nitrogen and oxygen atoms in total. The summed E-state index contributed by atoms with van der Waals surface area (Å²) in [7, 11) is 0. The van der Waals surface area contributed by atoms with E-state index in [0.29, 0.717) is 10.8 Å². The molecule has 0 N–H and O–H groups in total. The maximum atomic E-state index is 2.40. The van der Waals surface area contributed by atoms with Crippen molar-refractivity contribution in [3.63, 3.8) is 0 Å². The van der Waals surface area contributed by atoms with Crippen molar-refractivity contribution >= 4 is 0 Å². The third-order valence-electron chi connectivity index (χ3n) is 9.84. The molecule has 0 heteroatoms. The molecular weight excluding hydrogens is 516 g/mol. The molecule has 0 aromatic heterocycles. The van der Waals surface area contributed by atoms with Crippen LogP contribution in [0.15, 0.2) is 0 Å². The molecule has 0 bridgehead atoms. The quantitative estimate of drug-likeness (QED) is 0.279. The predicted octanol–water partition coefficient (Wildman–Crippen LogP) is 17.4. The van der Waals surface area contributed by atoms with Crippen LogP contribution in [0.2, 0.25) is 0 Å². The fourth-order valence-electron chi connectivity index (χ4n) is 6.57. The second-order valence-corrected chi connectivity index (χ2v) is 14.0. The lowest BCUT2D eigenvalue weighted by Crippen LogP contribution is -2.30. The average molecular weight is 615 g/mol. The number of hydrogen-bond donors (Lipinski definition) is 0. The fourth-order valence-corrected chi connectivity index (χ4v) is 6.57. The van der Waals surface area contributed by atoms with Crippen molar-refractivity contribution in [2.24, 2.45) is 34.0 Å². The van der Waals surface area contributed by atoms with E-state index in [-0.39, 0.29) is 14.9 Å². The van der Waals surface area contributed by atoms with Gasteiger partial charge in [0.25, 0.3) is 0 Å². The molecule has 4 aliphatic rings. The van der Waals surface area contributed by atoms with E-state index in [1.165, 1.54) is 116 Å². The van der Waals surface area contributed by atoms with E-state index < -0.39 is 0 Å². The first kappa shape index (κ1) is 55.4. The lowest BCUT2D eigenvalue weighted by atomic mass is 9.64. The van der Waals surface area contributed by atoms with E-state index in [2.05, 4.69) is 62.3 Å². The Morgan fingerprint density at radius 3 is 1.00 bits per heavy atom. The van der Waals surface area contributed by atoms with E-state index in [0.717, 1.165) is 23.2 Å². The van der Waals surface area contributed by atoms with Crippen LogP contribution in [0, 0.1) is 34.0 Å². The second-order valence-electron chi connectivity index (χ2n) is 14.0. The molecule has 0 aromatic rings. The van der Waals surface area contributed by atoms with Crippen LogP contribution < -0.4 is 0 Å². The first-order valence-electron chi connectivity index (χ1n) is 19.5. The standard InChI is InChI=1S/C10H20.2C8H16.C7H14.4C2H6.2CH4/c1-4-9-5-7-10(2,3)8-6-9;1-4-7-5-8(2,3)6-7;1-3-5-8(4-2)6-7-8;1-2-7-5-3-4-6-7;4*1-2;;/h9H,4-8H2,1-3H3;7H,4-6H2,1-3H3;3-7H2,1-2H3;7H,2-6H2,1H3;4*1-2H3;2*1H4. The summed E-state index contributed by atoms with van der Waals surface area (Å²) in [5, 5.41) is 0. The third kappa shape index (κ3) is 30.4. The van der Waals surface area contributed by atoms with Crippen molar-refractivity contribution in [1.29, 1.82) is 0 Å². The highest BCUT2D eigenvalue weighted by atomic mass is 14.4. The Morgan fingerprint density at radius 1 is 0.465 bits per heavy atom. The predicted molar refractivity (Wildman–Crippen MR) is 211 cm³/mol. The van der Waals surface area contributed by atoms with Gasteiger partial charge in [-0.05, 0) is 91.8 Å². The van der Waals surface area contributed by atoms with Gasteiger partial charge in [-0.3, -0.25) is 0 Å². The smallest absolute Gasteiger partial charge is 0.0300 e. The molecule has 4 saturated carbocycles. The first-order chi connectivity index (χ1) is 19.5. The Balaban J connectivity index is -0.0000000973. The van der Waals surface area contributed by atoms with Gasteiger partial charge in [-0.2, -0.15) is 0 Å². The molecule has 0 atom stereocenters. The van der Waals surface area contributed by atoms with Crippen LogP contribution in [0.1, 0.15) is 248 Å². The molecule has 0 heterocycles. The van der Waals surface area contributed by atoms with E-state index in [4.69, 9.17) is 0 Å². The van der Waals surface area contributed by atoms with Crippen LogP contribution >= 0.6 is 0 Å². The van der Waals surface area contributed by atoms with E-state index >= 15 is 0 Å². The van der Waals surface area contributed by atoms with Gasteiger partial charge in [0.15, 0.2) is 0 Å². The fraction of sp³-hybridized carbons (Fsp3) is 1.00. The zero-order valence-electron chi connectivity index (χ0n) is 33.0. The highest BCUT2D eigenvalue weighted by Crippen LogP contribution is 2.52. The lowest BCUT2D eigenvalue weighted by Gasteiger charge is -2.42. The minimum Gasteiger partial charge on any atom is -0.0776 e. The molecule has 0 saturated heterocycles. The Labute approximate surface area is 281 Å². The van der Waals surface area contributed by atoms with Crippen LogP contribution in [0.25, 0.3) is 0 Å². The van der Waals surface area contributed by atoms with E-state index in [1.54, 1.807) is 0 Å². The zero-order chi connectivity index (χ0) is 33.0. The summed E-state index contributed by atoms with van der Waals surface area (Å²) in [4.78, 5) is 0. The van der Waals surface area contributed by atoms with E-state index in [1.807, 2.05) is 55.4 Å². The highest BCUT2D eigenvalue weighted by Gasteiger charge is 2.39. The van der Waals surface area contributed by atoms with Crippen LogP contribution in [0.5, 0.6) is 0 Å². The van der Waals surface area contributed by atoms with Gasteiger partial charge in [0.2, 0.25) is 0 Å². The second kappa shape index (κ2) is 34.9. The third-order valence-corrected chi connectivity index (χ3v) is 9.84. The zero-order valence-corrected chi connectivity index (χ0v) is 33.0. The minimum atomic E-state index is 0. The van der Waals surface area contributed by atoms with Crippen molar-refractivity contribution in [2.75, 3.05) is 0 Å². The van der Waals surface area contributed by atoms with Crippen LogP contribution in [-0.2, 0) is 0 Å². The van der Waals surface area contributed by atoms with Crippen LogP contribution in [0.4, 0.5) is 0 Å². The van der Waals surface area contributed by atoms with Crippen LogP contribution in [0.3, 0.4) is 0 Å². The Morgan fingerprint density at radius 2 is 0.814 bits per heavy atom. The average Bonchev–Trinajstić information content (AvgIpc) is 3.57. The van der Waals surface area contributed by atoms with Gasteiger partial charge in [0.1, 0.15) is 0 Å². The minimum absolute atomic E-state index is 0. The van der Waals surface area contributed by atoms with Gasteiger partial charge in [0, 0.05) is 0 Å². The summed E-state index contributed by atoms with van der Waals surface area (Å²) < 4.78 is 0. The summed E-state index contributed by atoms with van der Waals surface area (Å²) in [5.74, 6) is 3.21. The summed E-state index contributed by atoms with van der Waals surface area (Å²) in [6, 6.07) is 0. The molecule has 43 heavy (non-hydrogen) atoms. The van der Waals surface area contributed by atoms with Crippen molar-refractivity contribution < 1.29 is 0 Å². The van der Waals surface area contributed by atoms with Gasteiger partial charge >= 0.3 is 0 Å². The summed E-state index contributed by atoms with van der Waals surface area (Å²) in [5.41, 5.74) is 2.20. The van der Waals surface area contributed by atoms with Gasteiger partial charge in [-0.15, -0.1) is 0 Å². The number of rotatable bonds is 6. The maximum Gasteiger partial charge on any atom is -0.0300 e. The molecule has 0 aromatic carbocycles. The Hall–Kier alpha value is 0. The molecule has 0 amide bonds. The Kier molecular flexibility index (Phi) is 44.9. The van der Waals surface area contributed by atoms with E-state index in [9.17, 15) is 0 Å². The lowest BCUT2D eigenvalue weighted by molar-refractivity contribution is 0.0938. The van der Waals surface area contributed by atoms with Gasteiger partial charge in [-0.25, -0.2) is 0 Å². The largest absolute Gasteiger partial charge is 0.0776 e. The molecule has 4 aliphatic carbocycles. The molecule has 4 fully saturated rings. The normalized spacial score (nSPS) is 20.0. The molecule has 270 valence electrons. The molecule has 0 radical (unpaired) electrons.